The number of thiophene rings is 1. The van der Waals surface area contributed by atoms with E-state index in [1.54, 1.807) is 0 Å². The smallest absolute Gasteiger partial charge is 0.0991 e. The van der Waals surface area contributed by atoms with Gasteiger partial charge in [-0.2, -0.15) is 0 Å². The average molecular weight is 308 g/mol. The number of hydrogen-bond acceptors (Lipinski definition) is 2. The fraction of sp³-hybridized carbons (Fsp3) is 0.714. The topological polar surface area (TPSA) is 12.0 Å². The lowest BCUT2D eigenvalue weighted by Gasteiger charge is -2.26. The highest BCUT2D eigenvalue weighted by atomic mass is 35.5. The van der Waals surface area contributed by atoms with E-state index in [0.717, 1.165) is 20.7 Å². The molecule has 1 nitrogen and oxygen atoms in total. The Morgan fingerprint density at radius 2 is 1.94 bits per heavy atom. The average Bonchev–Trinajstić information content (AvgIpc) is 2.51. The molecule has 0 aliphatic carbocycles. The van der Waals surface area contributed by atoms with Gasteiger partial charge >= 0.3 is 0 Å². The van der Waals surface area contributed by atoms with E-state index in [9.17, 15) is 0 Å². The quantitative estimate of drug-likeness (QED) is 0.727. The largest absolute Gasteiger partial charge is 0.313 e. The van der Waals surface area contributed by atoms with Crippen LogP contribution < -0.4 is 5.32 Å². The highest BCUT2D eigenvalue weighted by Crippen LogP contribution is 2.38. The Morgan fingerprint density at radius 1 is 1.33 bits per heavy atom. The molecule has 0 radical (unpaired) electrons. The molecule has 0 spiro atoms. The summed E-state index contributed by atoms with van der Waals surface area (Å²) in [5.41, 5.74) is 1.50. The first kappa shape index (κ1) is 16.3. The van der Waals surface area contributed by atoms with Gasteiger partial charge in [0.2, 0.25) is 0 Å². The highest BCUT2D eigenvalue weighted by molar-refractivity contribution is 7.20. The number of halogens is 2. The zero-order valence-electron chi connectivity index (χ0n) is 11.8. The zero-order chi connectivity index (χ0) is 13.9. The first-order chi connectivity index (χ1) is 8.23. The van der Waals surface area contributed by atoms with E-state index in [1.165, 1.54) is 17.8 Å². The summed E-state index contributed by atoms with van der Waals surface area (Å²) in [6.07, 6.45) is 2.29. The van der Waals surface area contributed by atoms with Crippen LogP contribution in [0.15, 0.2) is 6.07 Å². The lowest BCUT2D eigenvalue weighted by molar-refractivity contribution is 0.279. The van der Waals surface area contributed by atoms with Crippen molar-refractivity contribution >= 4 is 34.5 Å². The predicted molar refractivity (Wildman–Crippen MR) is 84.0 cm³/mol. The maximum Gasteiger partial charge on any atom is 0.0991 e. The number of rotatable bonds is 5. The van der Waals surface area contributed by atoms with Crippen molar-refractivity contribution in [2.24, 2.45) is 11.3 Å². The van der Waals surface area contributed by atoms with Crippen LogP contribution in [-0.2, 0) is 0 Å². The minimum atomic E-state index is 0.290. The molecule has 1 aromatic heterocycles. The molecule has 4 heteroatoms. The third-order valence-corrected chi connectivity index (χ3v) is 4.52. The Kier molecular flexibility index (Phi) is 5.98. The van der Waals surface area contributed by atoms with E-state index < -0.39 is 0 Å². The molecular weight excluding hydrogens is 285 g/mol. The molecule has 104 valence electrons. The van der Waals surface area contributed by atoms with Gasteiger partial charge in [0.05, 0.1) is 8.67 Å². The summed E-state index contributed by atoms with van der Waals surface area (Å²) >= 11 is 13.7. The molecule has 0 amide bonds. The van der Waals surface area contributed by atoms with Crippen LogP contribution in [0.3, 0.4) is 0 Å². The van der Waals surface area contributed by atoms with Crippen molar-refractivity contribution in [2.45, 2.75) is 46.6 Å². The van der Waals surface area contributed by atoms with Gasteiger partial charge in [-0.25, -0.2) is 0 Å². The third-order valence-electron chi connectivity index (χ3n) is 3.01. The van der Waals surface area contributed by atoms with Gasteiger partial charge in [0.25, 0.3) is 0 Å². The van der Waals surface area contributed by atoms with E-state index >= 15 is 0 Å². The van der Waals surface area contributed by atoms with Gasteiger partial charge in [-0.05, 0) is 37.3 Å². The van der Waals surface area contributed by atoms with Gasteiger partial charge in [0.1, 0.15) is 0 Å². The Balaban J connectivity index is 2.71. The van der Waals surface area contributed by atoms with Crippen LogP contribution in [0.2, 0.25) is 8.67 Å². The molecule has 2 atom stereocenters. The summed E-state index contributed by atoms with van der Waals surface area (Å²) in [6, 6.07) is 2.28. The van der Waals surface area contributed by atoms with Crippen LogP contribution >= 0.6 is 34.5 Å². The SMILES string of the molecule is CNC(CC(C)CC(C)(C)C)c1cc(Cl)sc1Cl. The molecule has 0 aliphatic rings. The second-order valence-electron chi connectivity index (χ2n) is 6.23. The van der Waals surface area contributed by atoms with Crippen molar-refractivity contribution in [1.29, 1.82) is 0 Å². The fourth-order valence-electron chi connectivity index (χ4n) is 2.52. The van der Waals surface area contributed by atoms with Crippen molar-refractivity contribution in [3.05, 3.63) is 20.3 Å². The Labute approximate surface area is 125 Å². The van der Waals surface area contributed by atoms with Crippen LogP contribution in [-0.4, -0.2) is 7.05 Å². The second-order valence-corrected chi connectivity index (χ2v) is 8.51. The summed E-state index contributed by atoms with van der Waals surface area (Å²) in [7, 11) is 1.98. The molecule has 1 N–H and O–H groups in total. The van der Waals surface area contributed by atoms with Crippen LogP contribution in [0, 0.1) is 11.3 Å². The molecular formula is C14H23Cl2NS. The van der Waals surface area contributed by atoms with E-state index in [0.29, 0.717) is 17.4 Å². The summed E-state index contributed by atoms with van der Waals surface area (Å²) in [5, 5.41) is 3.35. The van der Waals surface area contributed by atoms with Crippen molar-refractivity contribution in [1.82, 2.24) is 5.32 Å². The predicted octanol–water partition coefficient (Wildman–Crippen LogP) is 5.78. The standard InChI is InChI=1S/C14H23Cl2NS/c1-9(8-14(2,3)4)6-11(17-5)10-7-12(15)18-13(10)16/h7,9,11,17H,6,8H2,1-5H3. The first-order valence-electron chi connectivity index (χ1n) is 6.35. The first-order valence-corrected chi connectivity index (χ1v) is 7.92. The van der Waals surface area contributed by atoms with Crippen LogP contribution in [0.25, 0.3) is 0 Å². The molecule has 1 aromatic rings. The summed E-state index contributed by atoms with van der Waals surface area (Å²) in [4.78, 5) is 0. The van der Waals surface area contributed by atoms with E-state index in [-0.39, 0.29) is 0 Å². The van der Waals surface area contributed by atoms with Crippen molar-refractivity contribution < 1.29 is 0 Å². The maximum atomic E-state index is 6.23. The van der Waals surface area contributed by atoms with Gasteiger partial charge in [-0.1, -0.05) is 50.9 Å². The number of nitrogens with one attached hydrogen (secondary N) is 1. The van der Waals surface area contributed by atoms with Crippen molar-refractivity contribution in [2.75, 3.05) is 7.05 Å². The molecule has 0 saturated carbocycles. The van der Waals surface area contributed by atoms with Gasteiger partial charge in [-0.15, -0.1) is 11.3 Å². The maximum absolute atomic E-state index is 6.23. The fourth-order valence-corrected chi connectivity index (χ4v) is 4.10. The lowest BCUT2D eigenvalue weighted by Crippen LogP contribution is -2.21. The minimum absolute atomic E-state index is 0.290. The second kappa shape index (κ2) is 6.60. The van der Waals surface area contributed by atoms with Gasteiger partial charge in [0, 0.05) is 11.6 Å². The summed E-state index contributed by atoms with van der Waals surface area (Å²) in [6.45, 7) is 9.16. The van der Waals surface area contributed by atoms with Crippen LogP contribution in [0.4, 0.5) is 0 Å². The summed E-state index contributed by atoms with van der Waals surface area (Å²) < 4.78 is 1.57. The lowest BCUT2D eigenvalue weighted by atomic mass is 9.82. The van der Waals surface area contributed by atoms with E-state index in [2.05, 4.69) is 33.0 Å². The normalized spacial score (nSPS) is 15.7. The zero-order valence-corrected chi connectivity index (χ0v) is 14.1. The van der Waals surface area contributed by atoms with Crippen molar-refractivity contribution in [3.63, 3.8) is 0 Å². The van der Waals surface area contributed by atoms with E-state index in [4.69, 9.17) is 23.2 Å². The minimum Gasteiger partial charge on any atom is -0.313 e. The molecule has 0 fully saturated rings. The van der Waals surface area contributed by atoms with Gasteiger partial charge < -0.3 is 5.32 Å². The Hall–Kier alpha value is 0.240. The monoisotopic (exact) mass is 307 g/mol. The molecule has 0 saturated heterocycles. The van der Waals surface area contributed by atoms with Gasteiger partial charge in [0.15, 0.2) is 0 Å². The van der Waals surface area contributed by atoms with Crippen molar-refractivity contribution in [3.8, 4) is 0 Å². The Bertz CT molecular complexity index is 382. The molecule has 1 heterocycles. The highest BCUT2D eigenvalue weighted by Gasteiger charge is 2.21. The molecule has 0 aromatic carbocycles. The van der Waals surface area contributed by atoms with Gasteiger partial charge in [-0.3, -0.25) is 0 Å². The van der Waals surface area contributed by atoms with Crippen LogP contribution in [0.1, 0.15) is 52.1 Å². The molecule has 0 aliphatic heterocycles. The molecule has 2 unspecified atom stereocenters. The molecule has 18 heavy (non-hydrogen) atoms. The third kappa shape index (κ3) is 5.08. The summed E-state index contributed by atoms with van der Waals surface area (Å²) in [5.74, 6) is 0.650. The number of hydrogen-bond donors (Lipinski definition) is 1. The van der Waals surface area contributed by atoms with E-state index in [1.807, 2.05) is 13.1 Å². The molecule has 0 bridgehead atoms. The van der Waals surface area contributed by atoms with Crippen LogP contribution in [0.5, 0.6) is 0 Å². The molecule has 1 rings (SSSR count). The Morgan fingerprint density at radius 3 is 2.33 bits per heavy atom.